The summed E-state index contributed by atoms with van der Waals surface area (Å²) in [6, 6.07) is 0. The van der Waals surface area contributed by atoms with Gasteiger partial charge in [-0.15, -0.1) is 0 Å². The van der Waals surface area contributed by atoms with Crippen molar-refractivity contribution in [1.82, 2.24) is 4.90 Å². The smallest absolute Gasteiger partial charge is 0.0172 e. The summed E-state index contributed by atoms with van der Waals surface area (Å²) in [6.45, 7) is 9.38. The molecule has 0 bridgehead atoms. The lowest BCUT2D eigenvalue weighted by atomic mass is 10.1. The number of allylic oxidation sites excluding steroid dienone is 1. The Bertz CT molecular complexity index is 285. The molecule has 1 heteroatoms. The predicted octanol–water partition coefficient (Wildman–Crippen LogP) is 10.1. The molecule has 0 aromatic heterocycles. The fraction of sp³-hybridized carbons (Fsp3) is 0.929. The molecular weight excluding hydrogens is 350 g/mol. The van der Waals surface area contributed by atoms with Crippen molar-refractivity contribution >= 4 is 0 Å². The molecule has 0 rings (SSSR count). The minimum atomic E-state index is 1.16. The van der Waals surface area contributed by atoms with Crippen LogP contribution in [0.4, 0.5) is 0 Å². The van der Waals surface area contributed by atoms with E-state index in [1.807, 2.05) is 0 Å². The van der Waals surface area contributed by atoms with Gasteiger partial charge in [0.2, 0.25) is 0 Å². The van der Waals surface area contributed by atoms with Gasteiger partial charge in [-0.2, -0.15) is 0 Å². The Kier molecular flexibility index (Phi) is 25.2. The van der Waals surface area contributed by atoms with Gasteiger partial charge < -0.3 is 4.90 Å². The lowest BCUT2D eigenvalue weighted by Crippen LogP contribution is -2.20. The third-order valence-electron chi connectivity index (χ3n) is 6.15. The topological polar surface area (TPSA) is 3.24 Å². The van der Waals surface area contributed by atoms with E-state index in [2.05, 4.69) is 37.9 Å². The minimum absolute atomic E-state index is 1.16. The maximum atomic E-state index is 2.60. The van der Waals surface area contributed by atoms with Crippen LogP contribution in [0, 0.1) is 0 Å². The normalized spacial score (nSPS) is 11.6. The van der Waals surface area contributed by atoms with Crippen molar-refractivity contribution in [3.63, 3.8) is 0 Å². The molecule has 0 radical (unpaired) electrons. The summed E-state index contributed by atoms with van der Waals surface area (Å²) >= 11 is 0. The van der Waals surface area contributed by atoms with E-state index in [0.29, 0.717) is 0 Å². The molecule has 0 saturated carbocycles. The first-order chi connectivity index (χ1) is 14.3. The Morgan fingerprint density at radius 1 is 0.414 bits per heavy atom. The summed E-state index contributed by atoms with van der Waals surface area (Å²) in [7, 11) is 0. The Hall–Kier alpha value is -0.460. The van der Waals surface area contributed by atoms with Crippen LogP contribution in [0.5, 0.6) is 0 Å². The largest absolute Gasteiger partial charge is 0.378 e. The Labute approximate surface area is 186 Å². The van der Waals surface area contributed by atoms with Crippen LogP contribution in [0.2, 0.25) is 0 Å². The van der Waals surface area contributed by atoms with Crippen LogP contribution in [0.1, 0.15) is 156 Å². The molecule has 0 aromatic rings. The molecule has 0 aromatic carbocycles. The highest BCUT2D eigenvalue weighted by molar-refractivity contribution is 4.81. The van der Waals surface area contributed by atoms with E-state index in [-0.39, 0.29) is 0 Å². The molecule has 0 saturated heterocycles. The van der Waals surface area contributed by atoms with Crippen LogP contribution in [0.3, 0.4) is 0 Å². The Balaban J connectivity index is 3.56. The van der Waals surface area contributed by atoms with Gasteiger partial charge in [-0.3, -0.25) is 0 Å². The molecule has 1 nitrogen and oxygen atoms in total. The summed E-state index contributed by atoms with van der Waals surface area (Å²) < 4.78 is 0. The van der Waals surface area contributed by atoms with Gasteiger partial charge >= 0.3 is 0 Å². The SMILES string of the molecule is CCC=CN(CCCCCCCCCCCC)CCCCCCCCCCCC. The fourth-order valence-electron chi connectivity index (χ4n) is 4.12. The van der Waals surface area contributed by atoms with Crippen LogP contribution in [0.25, 0.3) is 0 Å². The highest BCUT2D eigenvalue weighted by Gasteiger charge is 2.00. The molecule has 0 fully saturated rings. The van der Waals surface area contributed by atoms with Crippen LogP contribution < -0.4 is 0 Å². The van der Waals surface area contributed by atoms with E-state index < -0.39 is 0 Å². The maximum Gasteiger partial charge on any atom is 0.0172 e. The van der Waals surface area contributed by atoms with Crippen molar-refractivity contribution < 1.29 is 0 Å². The molecule has 0 aliphatic carbocycles. The van der Waals surface area contributed by atoms with Crippen LogP contribution in [0.15, 0.2) is 12.3 Å². The van der Waals surface area contributed by atoms with E-state index in [1.54, 1.807) is 0 Å². The third-order valence-corrected chi connectivity index (χ3v) is 6.15. The lowest BCUT2D eigenvalue weighted by Gasteiger charge is -2.20. The molecular formula is C28H57N. The van der Waals surface area contributed by atoms with Gasteiger partial charge in [0, 0.05) is 13.1 Å². The average molecular weight is 408 g/mol. The van der Waals surface area contributed by atoms with Crippen molar-refractivity contribution in [2.24, 2.45) is 0 Å². The average Bonchev–Trinajstić information content (AvgIpc) is 2.74. The number of unbranched alkanes of at least 4 members (excludes halogenated alkanes) is 18. The van der Waals surface area contributed by atoms with Gasteiger partial charge in [0.15, 0.2) is 0 Å². The first kappa shape index (κ1) is 28.5. The Morgan fingerprint density at radius 2 is 0.724 bits per heavy atom. The summed E-state index contributed by atoms with van der Waals surface area (Å²) in [4.78, 5) is 2.60. The number of rotatable bonds is 24. The zero-order chi connectivity index (χ0) is 21.3. The Morgan fingerprint density at radius 3 is 1.03 bits per heavy atom. The van der Waals surface area contributed by atoms with Crippen molar-refractivity contribution in [2.45, 2.75) is 156 Å². The molecule has 0 unspecified atom stereocenters. The number of hydrogen-bond acceptors (Lipinski definition) is 1. The number of hydrogen-bond donors (Lipinski definition) is 0. The van der Waals surface area contributed by atoms with E-state index >= 15 is 0 Å². The zero-order valence-corrected chi connectivity index (χ0v) is 20.9. The van der Waals surface area contributed by atoms with Crippen LogP contribution >= 0.6 is 0 Å². The van der Waals surface area contributed by atoms with Gasteiger partial charge in [-0.05, 0) is 25.5 Å². The second-order valence-electron chi connectivity index (χ2n) is 9.19. The monoisotopic (exact) mass is 407 g/mol. The zero-order valence-electron chi connectivity index (χ0n) is 20.9. The molecule has 29 heavy (non-hydrogen) atoms. The van der Waals surface area contributed by atoms with Gasteiger partial charge in [-0.1, -0.05) is 142 Å². The van der Waals surface area contributed by atoms with Gasteiger partial charge in [0.1, 0.15) is 0 Å². The number of nitrogens with zero attached hydrogens (tertiary/aromatic N) is 1. The molecule has 0 spiro atoms. The van der Waals surface area contributed by atoms with Crippen molar-refractivity contribution in [2.75, 3.05) is 13.1 Å². The summed E-state index contributed by atoms with van der Waals surface area (Å²) in [5, 5.41) is 0. The van der Waals surface area contributed by atoms with E-state index in [9.17, 15) is 0 Å². The molecule has 0 amide bonds. The second kappa shape index (κ2) is 25.6. The fourth-order valence-corrected chi connectivity index (χ4v) is 4.12. The summed E-state index contributed by atoms with van der Waals surface area (Å²) in [5.74, 6) is 0. The van der Waals surface area contributed by atoms with Gasteiger partial charge in [-0.25, -0.2) is 0 Å². The minimum Gasteiger partial charge on any atom is -0.378 e. The summed E-state index contributed by atoms with van der Waals surface area (Å²) in [5.41, 5.74) is 0. The first-order valence-corrected chi connectivity index (χ1v) is 13.8. The maximum absolute atomic E-state index is 2.60. The second-order valence-corrected chi connectivity index (χ2v) is 9.19. The quantitative estimate of drug-likeness (QED) is 0.144. The molecule has 0 aliphatic heterocycles. The molecule has 0 heterocycles. The lowest BCUT2D eigenvalue weighted by molar-refractivity contribution is 0.348. The molecule has 0 N–H and O–H groups in total. The van der Waals surface area contributed by atoms with Crippen molar-refractivity contribution in [1.29, 1.82) is 0 Å². The molecule has 0 atom stereocenters. The molecule has 0 aliphatic rings. The van der Waals surface area contributed by atoms with E-state index in [0.717, 1.165) is 6.42 Å². The highest BCUT2D eigenvalue weighted by atomic mass is 15.1. The van der Waals surface area contributed by atoms with Crippen molar-refractivity contribution in [3.8, 4) is 0 Å². The van der Waals surface area contributed by atoms with Gasteiger partial charge in [0.05, 0.1) is 0 Å². The highest BCUT2D eigenvalue weighted by Crippen LogP contribution is 2.13. The van der Waals surface area contributed by atoms with Crippen LogP contribution in [-0.2, 0) is 0 Å². The summed E-state index contributed by atoms with van der Waals surface area (Å²) in [6.07, 6.45) is 34.5. The van der Waals surface area contributed by atoms with E-state index in [4.69, 9.17) is 0 Å². The third kappa shape index (κ3) is 23.7. The van der Waals surface area contributed by atoms with Gasteiger partial charge in [0.25, 0.3) is 0 Å². The standard InChI is InChI=1S/C28H57N/c1-4-7-10-12-14-16-18-20-22-24-27-29(26-9-6-3)28-25-23-21-19-17-15-13-11-8-5-2/h9,26H,4-8,10-25,27-28H2,1-3H3. The first-order valence-electron chi connectivity index (χ1n) is 13.8. The van der Waals surface area contributed by atoms with Crippen LogP contribution in [-0.4, -0.2) is 18.0 Å². The van der Waals surface area contributed by atoms with E-state index in [1.165, 1.54) is 142 Å². The van der Waals surface area contributed by atoms with Crippen molar-refractivity contribution in [3.05, 3.63) is 12.3 Å². The predicted molar refractivity (Wildman–Crippen MR) is 135 cm³/mol. The molecule has 174 valence electrons.